The Kier molecular flexibility index (Phi) is 19.3. The van der Waals surface area contributed by atoms with Crippen LogP contribution in [0.1, 0.15) is 108 Å². The van der Waals surface area contributed by atoms with E-state index in [1.54, 1.807) is 15.9 Å². The van der Waals surface area contributed by atoms with E-state index < -0.39 is 110 Å². The van der Waals surface area contributed by atoms with Crippen molar-refractivity contribution in [2.75, 3.05) is 70.3 Å². The molecule has 9 amide bonds. The number of halogens is 4. The first-order chi connectivity index (χ1) is 42.5. The highest BCUT2D eigenvalue weighted by atomic mass is 32.1. The number of amides is 9. The Morgan fingerprint density at radius 1 is 0.833 bits per heavy atom. The van der Waals surface area contributed by atoms with Crippen molar-refractivity contribution in [3.8, 4) is 0 Å². The number of benzene rings is 3. The second kappa shape index (κ2) is 26.5. The van der Waals surface area contributed by atoms with Crippen molar-refractivity contribution >= 4 is 87.9 Å². The van der Waals surface area contributed by atoms with Gasteiger partial charge in [-0.05, 0) is 84.4 Å². The molecule has 6 aliphatic heterocycles. The molecule has 5 fully saturated rings. The third-order valence-corrected chi connectivity index (χ3v) is 20.1. The van der Waals surface area contributed by atoms with Gasteiger partial charge < -0.3 is 51.1 Å². The van der Waals surface area contributed by atoms with E-state index in [9.17, 15) is 75.1 Å². The highest BCUT2D eigenvalue weighted by Gasteiger charge is 2.51. The molecule has 484 valence electrons. The van der Waals surface area contributed by atoms with Gasteiger partial charge in [-0.15, -0.1) is 11.3 Å². The fraction of sp³-hybridized carbons (Fsp3) is 0.525. The van der Waals surface area contributed by atoms with Crippen molar-refractivity contribution in [1.82, 2.24) is 45.8 Å². The van der Waals surface area contributed by atoms with E-state index in [2.05, 4.69) is 51.8 Å². The van der Waals surface area contributed by atoms with Gasteiger partial charge >= 0.3 is 13.3 Å². The molecule has 29 heteroatoms. The summed E-state index contributed by atoms with van der Waals surface area (Å²) in [5.41, 5.74) is 3.94. The molecule has 0 saturated carbocycles. The zero-order chi connectivity index (χ0) is 64.7. The third-order valence-electron chi connectivity index (χ3n) is 18.0. The lowest BCUT2D eigenvalue weighted by Crippen LogP contribution is -2.62. The van der Waals surface area contributed by atoms with Crippen molar-refractivity contribution in [2.24, 2.45) is 11.7 Å². The van der Waals surface area contributed by atoms with E-state index in [0.29, 0.717) is 31.7 Å². The van der Waals surface area contributed by atoms with Crippen LogP contribution in [-0.4, -0.2) is 196 Å². The summed E-state index contributed by atoms with van der Waals surface area (Å²) in [6.07, 6.45) is -2.56. The SMILES string of the molecule is CC(C)(C)c1ccc(CC(NC(=O)C(CCC(N)=O)NC(=O)[C@@H]2CC[C@@H]3CCN(CC(F)F)C[C@H](NC(=O)c4cc5cc(C(F)(F)P(=O)(O)O)ccc5s4)C(=O)N32)C(=O)N2CCN(CC3CN(c4cccc5c4CN(C4CCC(=O)NC4=O)C5=O)C3)CC2)cc1. The van der Waals surface area contributed by atoms with Gasteiger partial charge in [0.1, 0.15) is 30.2 Å². The maximum Gasteiger partial charge on any atom is 0.399 e. The van der Waals surface area contributed by atoms with Crippen molar-refractivity contribution in [2.45, 2.75) is 132 Å². The summed E-state index contributed by atoms with van der Waals surface area (Å²) in [4.78, 5) is 152. The Hall–Kier alpha value is -7.36. The van der Waals surface area contributed by atoms with E-state index >= 15 is 0 Å². The number of hydrogen-bond acceptors (Lipinski definition) is 14. The molecule has 10 rings (SSSR count). The van der Waals surface area contributed by atoms with Crippen molar-refractivity contribution in [3.63, 3.8) is 0 Å². The first-order valence-corrected chi connectivity index (χ1v) is 32.6. The molecule has 3 unspecified atom stereocenters. The van der Waals surface area contributed by atoms with Crippen LogP contribution in [0.15, 0.2) is 66.7 Å². The maximum atomic E-state index is 14.8. The first kappa shape index (κ1) is 65.6. The quantitative estimate of drug-likeness (QED) is 0.0379. The number of carbonyl (C=O) groups excluding carboxylic acids is 9. The van der Waals surface area contributed by atoms with Crippen LogP contribution in [0.5, 0.6) is 0 Å². The van der Waals surface area contributed by atoms with Gasteiger partial charge in [-0.3, -0.25) is 62.8 Å². The number of imide groups is 1. The molecule has 90 heavy (non-hydrogen) atoms. The highest BCUT2D eigenvalue weighted by Crippen LogP contribution is 2.59. The summed E-state index contributed by atoms with van der Waals surface area (Å²) >= 11 is 0.817. The number of nitrogens with zero attached hydrogens (tertiary/aromatic N) is 6. The Morgan fingerprint density at radius 2 is 1.54 bits per heavy atom. The Bertz CT molecular complexity index is 3520. The number of anilines is 1. The molecule has 0 spiro atoms. The molecule has 0 bridgehead atoms. The van der Waals surface area contributed by atoms with E-state index in [0.717, 1.165) is 71.5 Å². The summed E-state index contributed by atoms with van der Waals surface area (Å²) in [7, 11) is -5.94. The van der Waals surface area contributed by atoms with E-state index in [1.165, 1.54) is 15.9 Å². The zero-order valence-electron chi connectivity index (χ0n) is 50.0. The third kappa shape index (κ3) is 14.4. The fourth-order valence-corrected chi connectivity index (χ4v) is 14.5. The van der Waals surface area contributed by atoms with Gasteiger partial charge in [0.2, 0.25) is 41.4 Å². The maximum absolute atomic E-state index is 14.8. The van der Waals surface area contributed by atoms with Crippen LogP contribution in [0.3, 0.4) is 0 Å². The van der Waals surface area contributed by atoms with E-state index in [4.69, 9.17) is 5.73 Å². The average Bonchev–Trinajstić information content (AvgIpc) is 2.12. The number of rotatable bonds is 20. The summed E-state index contributed by atoms with van der Waals surface area (Å²) in [6, 6.07) is 10.4. The molecule has 6 atom stereocenters. The minimum Gasteiger partial charge on any atom is -0.370 e. The van der Waals surface area contributed by atoms with Crippen LogP contribution in [0.25, 0.3) is 10.1 Å². The molecule has 23 nitrogen and oxygen atoms in total. The van der Waals surface area contributed by atoms with Crippen LogP contribution < -0.4 is 31.9 Å². The zero-order valence-corrected chi connectivity index (χ0v) is 51.7. The van der Waals surface area contributed by atoms with Gasteiger partial charge in [0.05, 0.1) is 11.4 Å². The lowest BCUT2D eigenvalue weighted by Gasteiger charge is -2.45. The second-order valence-corrected chi connectivity index (χ2v) is 28.0. The number of alkyl halides is 4. The van der Waals surface area contributed by atoms with Gasteiger partial charge in [0, 0.05) is 124 Å². The van der Waals surface area contributed by atoms with Gasteiger partial charge in [0.15, 0.2) is 0 Å². The molecule has 0 aliphatic carbocycles. The topological polar surface area (TPSA) is 305 Å². The number of fused-ring (bicyclic) bond motifs is 3. The second-order valence-electron chi connectivity index (χ2n) is 25.3. The molecule has 7 heterocycles. The highest BCUT2D eigenvalue weighted by molar-refractivity contribution is 7.52. The van der Waals surface area contributed by atoms with Crippen LogP contribution in [0, 0.1) is 5.92 Å². The summed E-state index contributed by atoms with van der Waals surface area (Å²) in [6.45, 7) is 9.21. The van der Waals surface area contributed by atoms with Gasteiger partial charge in [-0.25, -0.2) is 8.78 Å². The van der Waals surface area contributed by atoms with Crippen LogP contribution in [0.4, 0.5) is 23.2 Å². The number of primary amides is 1. The van der Waals surface area contributed by atoms with E-state index in [-0.39, 0.29) is 108 Å². The smallest absolute Gasteiger partial charge is 0.370 e. The van der Waals surface area contributed by atoms with E-state index in [1.807, 2.05) is 36.4 Å². The van der Waals surface area contributed by atoms with Gasteiger partial charge in [-0.1, -0.05) is 57.2 Å². The van der Waals surface area contributed by atoms with Crippen LogP contribution >= 0.6 is 18.9 Å². The summed E-state index contributed by atoms with van der Waals surface area (Å²) < 4.78 is 69.1. The molecule has 0 radical (unpaired) electrons. The van der Waals surface area contributed by atoms with Gasteiger partial charge in [0.25, 0.3) is 18.2 Å². The number of piperazine rings is 1. The first-order valence-electron chi connectivity index (χ1n) is 30.1. The minimum atomic E-state index is -5.94. The molecule has 3 aromatic carbocycles. The number of piperidine rings is 1. The Labute approximate surface area is 520 Å². The van der Waals surface area contributed by atoms with Crippen LogP contribution in [-0.2, 0) is 62.2 Å². The molecule has 8 N–H and O–H groups in total. The van der Waals surface area contributed by atoms with Crippen LogP contribution in [0.2, 0.25) is 0 Å². The number of thiophene rings is 1. The molecule has 1 aromatic heterocycles. The average molecular weight is 1290 g/mol. The fourth-order valence-electron chi connectivity index (χ4n) is 13.1. The number of carbonyl (C=O) groups is 9. The Morgan fingerprint density at radius 3 is 2.21 bits per heavy atom. The molecule has 5 saturated heterocycles. The molecule has 4 aromatic rings. The molecular weight excluding hydrogens is 1220 g/mol. The lowest BCUT2D eigenvalue weighted by atomic mass is 9.86. The van der Waals surface area contributed by atoms with Crippen molar-refractivity contribution < 1.29 is 75.1 Å². The minimum absolute atomic E-state index is 0.0298. The lowest BCUT2D eigenvalue weighted by molar-refractivity contribution is -0.144. The predicted molar refractivity (Wildman–Crippen MR) is 322 cm³/mol. The number of nitrogens with one attached hydrogen (secondary N) is 4. The van der Waals surface area contributed by atoms with Crippen molar-refractivity contribution in [1.29, 1.82) is 0 Å². The number of hydrogen-bond donors (Lipinski definition) is 7. The summed E-state index contributed by atoms with van der Waals surface area (Å²) in [5.74, 6) is -5.27. The normalized spacial score (nSPS) is 22.2. The van der Waals surface area contributed by atoms with Gasteiger partial charge in [-0.2, -0.15) is 8.78 Å². The predicted octanol–water partition coefficient (Wildman–Crippen LogP) is 3.37. The largest absolute Gasteiger partial charge is 0.399 e. The Balaban J connectivity index is 0.806. The van der Waals surface area contributed by atoms with Crippen molar-refractivity contribution in [3.05, 3.63) is 99.4 Å². The summed E-state index contributed by atoms with van der Waals surface area (Å²) in [5, 5.41) is 10.6. The standard InChI is InChI=1S/C61H74F4N11O12PS/c1-60(2,3)37-9-7-34(8-10-37)25-43(58(84)73-23-21-71(22-24-73)28-35-29-74(30-35)45-6-4-5-40-41(45)31-75(57(40)83)46-15-18-52(78)70-54(46)80)68-53(79)42(13-17-51(66)77)67-55(81)47-14-12-39-19-20-72(33-50(62)63)32-44(59(85)76(39)47)69-56(82)49-27-36-26-38(11-16-48(36)90-49)61(64,65)89(86,87)88/h4-11,16,26-27,35,39,42-44,46-47,50H,12-15,17-25,28-33H2,1-3H3,(H2,66,77)(H,67,81)(H,68,79)(H,69,82)(H,70,78,80)(H2,86,87,88)/t39-,42?,43?,44+,46?,47+/m1/s1. The molecule has 6 aliphatic rings. The molecular formula is C61H74F4N11O12PS. The number of nitrogens with two attached hydrogens (primary N) is 1. The monoisotopic (exact) mass is 1290 g/mol.